The molecule has 1 heterocycles. The summed E-state index contributed by atoms with van der Waals surface area (Å²) >= 11 is 0. The summed E-state index contributed by atoms with van der Waals surface area (Å²) in [5, 5.41) is 7.04. The predicted molar refractivity (Wildman–Crippen MR) is 148 cm³/mol. The summed E-state index contributed by atoms with van der Waals surface area (Å²) in [4.78, 5) is 21.3. The van der Waals surface area contributed by atoms with Gasteiger partial charge in [0.05, 0.1) is 26.2 Å². The highest BCUT2D eigenvalue weighted by Crippen LogP contribution is 2.34. The van der Waals surface area contributed by atoms with Crippen LogP contribution in [0.3, 0.4) is 0 Å². The third-order valence-corrected chi connectivity index (χ3v) is 5.84. The molecule has 0 saturated carbocycles. The molecule has 0 radical (unpaired) electrons. The molecular weight excluding hydrogens is 480 g/mol. The van der Waals surface area contributed by atoms with Crippen molar-refractivity contribution in [3.8, 4) is 23.0 Å². The molecule has 0 unspecified atom stereocenters. The van der Waals surface area contributed by atoms with E-state index in [0.29, 0.717) is 23.0 Å². The van der Waals surface area contributed by atoms with Gasteiger partial charge in [-0.1, -0.05) is 30.3 Å². The Bertz CT molecular complexity index is 1540. The predicted octanol–water partition coefficient (Wildman–Crippen LogP) is 6.36. The van der Waals surface area contributed by atoms with Gasteiger partial charge in [-0.05, 0) is 60.2 Å². The molecule has 0 bridgehead atoms. The number of para-hydroxylation sites is 1. The molecule has 190 valence electrons. The van der Waals surface area contributed by atoms with Gasteiger partial charge in [-0.2, -0.15) is 0 Å². The third kappa shape index (κ3) is 5.82. The van der Waals surface area contributed by atoms with E-state index in [-0.39, 0.29) is 12.3 Å². The van der Waals surface area contributed by atoms with E-state index in [1.807, 2.05) is 91.0 Å². The molecule has 0 fully saturated rings. The Labute approximate surface area is 220 Å². The highest BCUT2D eigenvalue weighted by molar-refractivity contribution is 5.94. The van der Waals surface area contributed by atoms with E-state index in [9.17, 15) is 4.79 Å². The van der Waals surface area contributed by atoms with Crippen LogP contribution in [0.15, 0.2) is 97.3 Å². The van der Waals surface area contributed by atoms with Crippen molar-refractivity contribution in [3.63, 3.8) is 0 Å². The number of nitrogens with one attached hydrogen (secondary N) is 2. The molecule has 0 spiro atoms. The second-order valence-corrected chi connectivity index (χ2v) is 8.43. The SMILES string of the molecule is COc1cc2ncnc(Nc3ccc(NC(=O)Cc4ccc(Oc5ccccc5)cc4)cc3)c2cc1OC. The number of ether oxygens (including phenoxy) is 3. The average Bonchev–Trinajstić information content (AvgIpc) is 2.95. The maximum Gasteiger partial charge on any atom is 0.228 e. The molecule has 0 atom stereocenters. The fourth-order valence-corrected chi connectivity index (χ4v) is 3.95. The molecule has 0 aliphatic heterocycles. The number of carbonyl (C=O) groups is 1. The normalized spacial score (nSPS) is 10.6. The highest BCUT2D eigenvalue weighted by atomic mass is 16.5. The standard InChI is InChI=1S/C30H26N4O4/c1-36-27-17-25-26(18-28(27)37-2)31-19-32-30(25)34-22-12-10-21(11-13-22)33-29(35)16-20-8-14-24(15-9-20)38-23-6-4-3-5-7-23/h3-15,17-19H,16H2,1-2H3,(H,33,35)(H,31,32,34). The number of fused-ring (bicyclic) bond motifs is 1. The van der Waals surface area contributed by atoms with Gasteiger partial charge in [0.2, 0.25) is 5.91 Å². The fourth-order valence-electron chi connectivity index (χ4n) is 3.95. The molecule has 38 heavy (non-hydrogen) atoms. The van der Waals surface area contributed by atoms with Gasteiger partial charge in [0.1, 0.15) is 23.6 Å². The zero-order chi connectivity index (χ0) is 26.3. The molecule has 0 saturated heterocycles. The lowest BCUT2D eigenvalue weighted by Gasteiger charge is -2.12. The van der Waals surface area contributed by atoms with Gasteiger partial charge in [0.15, 0.2) is 11.5 Å². The lowest BCUT2D eigenvalue weighted by Crippen LogP contribution is -2.14. The Morgan fingerprint density at radius 3 is 2.13 bits per heavy atom. The number of rotatable bonds is 9. The van der Waals surface area contributed by atoms with Gasteiger partial charge in [0, 0.05) is 22.8 Å². The van der Waals surface area contributed by atoms with Crippen LogP contribution in [0.1, 0.15) is 5.56 Å². The number of carbonyl (C=O) groups excluding carboxylic acids is 1. The van der Waals surface area contributed by atoms with E-state index < -0.39 is 0 Å². The van der Waals surface area contributed by atoms with Crippen LogP contribution in [0.2, 0.25) is 0 Å². The number of anilines is 3. The van der Waals surface area contributed by atoms with Crippen LogP contribution >= 0.6 is 0 Å². The molecule has 8 heteroatoms. The Hall–Kier alpha value is -5.11. The van der Waals surface area contributed by atoms with Gasteiger partial charge in [-0.3, -0.25) is 4.79 Å². The number of methoxy groups -OCH3 is 2. The first-order valence-electron chi connectivity index (χ1n) is 12.0. The van der Waals surface area contributed by atoms with Crippen LogP contribution in [-0.2, 0) is 11.2 Å². The van der Waals surface area contributed by atoms with Gasteiger partial charge in [0.25, 0.3) is 0 Å². The number of aromatic nitrogens is 2. The first-order valence-corrected chi connectivity index (χ1v) is 12.0. The highest BCUT2D eigenvalue weighted by Gasteiger charge is 2.11. The monoisotopic (exact) mass is 506 g/mol. The maximum atomic E-state index is 12.6. The topological polar surface area (TPSA) is 94.6 Å². The molecule has 0 aliphatic rings. The van der Waals surface area contributed by atoms with Crippen LogP contribution in [0.25, 0.3) is 10.9 Å². The van der Waals surface area contributed by atoms with Gasteiger partial charge < -0.3 is 24.8 Å². The largest absolute Gasteiger partial charge is 0.493 e. The third-order valence-electron chi connectivity index (χ3n) is 5.84. The minimum Gasteiger partial charge on any atom is -0.493 e. The Morgan fingerprint density at radius 1 is 0.763 bits per heavy atom. The number of hydrogen-bond donors (Lipinski definition) is 2. The summed E-state index contributed by atoms with van der Waals surface area (Å²) in [5.74, 6) is 3.20. The Balaban J connectivity index is 1.20. The van der Waals surface area contributed by atoms with Crippen molar-refractivity contribution < 1.29 is 19.0 Å². The minimum atomic E-state index is -0.106. The lowest BCUT2D eigenvalue weighted by molar-refractivity contribution is -0.115. The van der Waals surface area contributed by atoms with E-state index in [1.165, 1.54) is 6.33 Å². The fraction of sp³-hybridized carbons (Fsp3) is 0.100. The summed E-state index contributed by atoms with van der Waals surface area (Å²) in [5.41, 5.74) is 3.13. The number of nitrogens with zero attached hydrogens (tertiary/aromatic N) is 2. The van der Waals surface area contributed by atoms with E-state index in [4.69, 9.17) is 14.2 Å². The van der Waals surface area contributed by atoms with Crippen LogP contribution in [0, 0.1) is 0 Å². The van der Waals surface area contributed by atoms with E-state index in [0.717, 1.165) is 33.7 Å². The van der Waals surface area contributed by atoms with Crippen LogP contribution in [0.5, 0.6) is 23.0 Å². The van der Waals surface area contributed by atoms with Crippen LogP contribution in [-0.4, -0.2) is 30.1 Å². The average molecular weight is 507 g/mol. The molecule has 8 nitrogen and oxygen atoms in total. The number of amides is 1. The Morgan fingerprint density at radius 2 is 1.42 bits per heavy atom. The molecule has 1 amide bonds. The van der Waals surface area contributed by atoms with Crippen LogP contribution < -0.4 is 24.8 Å². The van der Waals surface area contributed by atoms with Crippen LogP contribution in [0.4, 0.5) is 17.2 Å². The molecule has 1 aromatic heterocycles. The van der Waals surface area contributed by atoms with Crippen molar-refractivity contribution in [2.75, 3.05) is 24.9 Å². The van der Waals surface area contributed by atoms with Crippen molar-refractivity contribution in [3.05, 3.63) is 103 Å². The second-order valence-electron chi connectivity index (χ2n) is 8.43. The van der Waals surface area contributed by atoms with E-state index in [2.05, 4.69) is 20.6 Å². The first kappa shape index (κ1) is 24.6. The molecule has 5 aromatic rings. The van der Waals surface area contributed by atoms with Crippen molar-refractivity contribution in [1.82, 2.24) is 9.97 Å². The zero-order valence-electron chi connectivity index (χ0n) is 21.0. The minimum absolute atomic E-state index is 0.106. The molecule has 0 aliphatic carbocycles. The van der Waals surface area contributed by atoms with E-state index in [1.54, 1.807) is 14.2 Å². The van der Waals surface area contributed by atoms with Crippen molar-refractivity contribution in [2.24, 2.45) is 0 Å². The second kappa shape index (κ2) is 11.3. The van der Waals surface area contributed by atoms with Gasteiger partial charge in [-0.25, -0.2) is 9.97 Å². The number of benzene rings is 4. The molecule has 4 aromatic carbocycles. The summed E-state index contributed by atoms with van der Waals surface area (Å²) < 4.78 is 16.6. The summed E-state index contributed by atoms with van der Waals surface area (Å²) in [6, 6.07) is 28.1. The summed E-state index contributed by atoms with van der Waals surface area (Å²) in [6.07, 6.45) is 1.75. The van der Waals surface area contributed by atoms with Gasteiger partial charge >= 0.3 is 0 Å². The Kier molecular flexibility index (Phi) is 7.31. The quantitative estimate of drug-likeness (QED) is 0.240. The molecular formula is C30H26N4O4. The van der Waals surface area contributed by atoms with Crippen molar-refractivity contribution in [1.29, 1.82) is 0 Å². The zero-order valence-corrected chi connectivity index (χ0v) is 21.0. The maximum absolute atomic E-state index is 12.6. The summed E-state index contributed by atoms with van der Waals surface area (Å²) in [6.45, 7) is 0. The molecule has 2 N–H and O–H groups in total. The number of hydrogen-bond acceptors (Lipinski definition) is 7. The van der Waals surface area contributed by atoms with E-state index >= 15 is 0 Å². The van der Waals surface area contributed by atoms with Crippen molar-refractivity contribution >= 4 is 34.0 Å². The summed E-state index contributed by atoms with van der Waals surface area (Å²) in [7, 11) is 3.17. The van der Waals surface area contributed by atoms with Crippen molar-refractivity contribution in [2.45, 2.75) is 6.42 Å². The first-order chi connectivity index (χ1) is 18.6. The lowest BCUT2D eigenvalue weighted by atomic mass is 10.1. The molecule has 5 rings (SSSR count). The smallest absolute Gasteiger partial charge is 0.228 e. The van der Waals surface area contributed by atoms with Gasteiger partial charge in [-0.15, -0.1) is 0 Å².